The minimum Gasteiger partial charge on any atom is -0.457 e. The van der Waals surface area contributed by atoms with Gasteiger partial charge in [-0.1, -0.05) is 48.5 Å². The van der Waals surface area contributed by atoms with Gasteiger partial charge in [-0.15, -0.1) is 0 Å². The van der Waals surface area contributed by atoms with Crippen molar-refractivity contribution in [2.45, 2.75) is 6.42 Å². The number of hydrogen-bond donors (Lipinski definition) is 3. The summed E-state index contributed by atoms with van der Waals surface area (Å²) in [4.78, 5) is 40.4. The Labute approximate surface area is 201 Å². The van der Waals surface area contributed by atoms with E-state index >= 15 is 0 Å². The number of nitrogens with one attached hydrogen (secondary N) is 3. The molecule has 3 aromatic carbocycles. The molecule has 0 unspecified atom stereocenters. The van der Waals surface area contributed by atoms with Crippen LogP contribution in [0.4, 0.5) is 21.0 Å². The summed E-state index contributed by atoms with van der Waals surface area (Å²) in [7, 11) is 2.33. The summed E-state index contributed by atoms with van der Waals surface area (Å²) >= 11 is 0. The fourth-order valence-corrected chi connectivity index (χ4v) is 2.88. The summed E-state index contributed by atoms with van der Waals surface area (Å²) in [5.41, 5.74) is 1.34. The lowest BCUT2D eigenvalue weighted by molar-refractivity contribution is -0.115. The molecule has 0 atom stereocenters. The number of rotatable bonds is 6. The fraction of sp³-hybridized carbons (Fsp3) is 0.120. The van der Waals surface area contributed by atoms with Crippen molar-refractivity contribution in [3.05, 3.63) is 84.4 Å². The van der Waals surface area contributed by atoms with E-state index in [1.165, 1.54) is 0 Å². The van der Waals surface area contributed by atoms with Gasteiger partial charge in [0.25, 0.3) is 0 Å². The lowest BCUT2D eigenvalue weighted by Crippen LogP contribution is -2.43. The fourth-order valence-electron chi connectivity index (χ4n) is 2.88. The van der Waals surface area contributed by atoms with Gasteiger partial charge in [-0.25, -0.2) is 14.6 Å². The zero-order valence-corrected chi connectivity index (χ0v) is 19.1. The molecule has 10 nitrogen and oxygen atoms in total. The monoisotopic (exact) mass is 476 g/mol. The average molecular weight is 476 g/mol. The Hall–Kier alpha value is -4.86. The Bertz CT molecular complexity index is 1180. The van der Waals surface area contributed by atoms with Crippen molar-refractivity contribution in [1.29, 1.82) is 0 Å². The first kappa shape index (κ1) is 24.8. The SMILES string of the molecule is COC(=O)NC(=Nc1ccc(Oc2ccccc2)cc1NC(=O)Cc1ccccc1)NC(=O)OC. The number of aliphatic imine (C=N–C) groups is 1. The molecule has 3 amide bonds. The summed E-state index contributed by atoms with van der Waals surface area (Å²) in [5, 5.41) is 7.39. The molecule has 180 valence electrons. The number of guanidine groups is 1. The Morgan fingerprint density at radius 3 is 1.97 bits per heavy atom. The topological polar surface area (TPSA) is 127 Å². The van der Waals surface area contributed by atoms with E-state index < -0.39 is 12.2 Å². The second-order valence-electron chi connectivity index (χ2n) is 7.00. The van der Waals surface area contributed by atoms with Crippen LogP contribution in [0.1, 0.15) is 5.56 Å². The van der Waals surface area contributed by atoms with Crippen molar-refractivity contribution in [3.8, 4) is 11.5 Å². The zero-order chi connectivity index (χ0) is 25.0. The molecule has 3 rings (SSSR count). The third-order valence-corrected chi connectivity index (χ3v) is 4.47. The smallest absolute Gasteiger partial charge is 0.413 e. The van der Waals surface area contributed by atoms with Gasteiger partial charge < -0.3 is 19.5 Å². The Morgan fingerprint density at radius 2 is 1.37 bits per heavy atom. The maximum absolute atomic E-state index is 12.8. The number of amides is 3. The number of benzene rings is 3. The highest BCUT2D eigenvalue weighted by atomic mass is 16.5. The molecule has 0 saturated carbocycles. The zero-order valence-electron chi connectivity index (χ0n) is 19.1. The molecule has 0 bridgehead atoms. The predicted octanol–water partition coefficient (Wildman–Crippen LogP) is 4.36. The van der Waals surface area contributed by atoms with E-state index in [0.717, 1.165) is 19.8 Å². The van der Waals surface area contributed by atoms with Crippen LogP contribution in [0.3, 0.4) is 0 Å². The van der Waals surface area contributed by atoms with Gasteiger partial charge in [0.2, 0.25) is 11.9 Å². The van der Waals surface area contributed by atoms with Crippen LogP contribution < -0.4 is 20.7 Å². The van der Waals surface area contributed by atoms with Crippen molar-refractivity contribution >= 4 is 35.4 Å². The van der Waals surface area contributed by atoms with Gasteiger partial charge in [0, 0.05) is 6.07 Å². The Kier molecular flexibility index (Phi) is 8.78. The molecule has 3 N–H and O–H groups in total. The predicted molar refractivity (Wildman–Crippen MR) is 130 cm³/mol. The van der Waals surface area contributed by atoms with Gasteiger partial charge in [0.05, 0.1) is 32.0 Å². The van der Waals surface area contributed by atoms with E-state index in [0.29, 0.717) is 11.5 Å². The van der Waals surface area contributed by atoms with Gasteiger partial charge >= 0.3 is 12.2 Å². The summed E-state index contributed by atoms with van der Waals surface area (Å²) in [6, 6.07) is 23.1. The molecule has 0 radical (unpaired) electrons. The van der Waals surface area contributed by atoms with E-state index in [9.17, 15) is 14.4 Å². The van der Waals surface area contributed by atoms with Crippen molar-refractivity contribution in [2.75, 3.05) is 19.5 Å². The molecule has 3 aromatic rings. The van der Waals surface area contributed by atoms with Crippen molar-refractivity contribution < 1.29 is 28.6 Å². The molecule has 35 heavy (non-hydrogen) atoms. The van der Waals surface area contributed by atoms with Crippen LogP contribution in [-0.2, 0) is 20.7 Å². The van der Waals surface area contributed by atoms with Crippen LogP contribution in [-0.4, -0.2) is 38.3 Å². The molecule has 0 saturated heterocycles. The third-order valence-electron chi connectivity index (χ3n) is 4.47. The number of hydrogen-bond acceptors (Lipinski definition) is 7. The van der Waals surface area contributed by atoms with Gasteiger partial charge in [-0.3, -0.25) is 15.4 Å². The molecule has 0 aliphatic heterocycles. The summed E-state index contributed by atoms with van der Waals surface area (Å²) in [6.07, 6.45) is -1.60. The van der Waals surface area contributed by atoms with Crippen LogP contribution in [0.5, 0.6) is 11.5 Å². The van der Waals surface area contributed by atoms with E-state index in [1.54, 1.807) is 30.3 Å². The van der Waals surface area contributed by atoms with E-state index in [1.807, 2.05) is 48.5 Å². The number of ether oxygens (including phenoxy) is 3. The van der Waals surface area contributed by atoms with Crippen LogP contribution in [0, 0.1) is 0 Å². The van der Waals surface area contributed by atoms with Gasteiger partial charge in [-0.2, -0.15) is 0 Å². The lowest BCUT2D eigenvalue weighted by Gasteiger charge is -2.14. The minimum atomic E-state index is -0.862. The van der Waals surface area contributed by atoms with Gasteiger partial charge in [-0.05, 0) is 29.8 Å². The molecule has 0 spiro atoms. The molecular weight excluding hydrogens is 452 g/mol. The van der Waals surface area contributed by atoms with Crippen LogP contribution in [0.25, 0.3) is 0 Å². The molecule has 0 aliphatic rings. The second-order valence-corrected chi connectivity index (χ2v) is 7.00. The number of para-hydroxylation sites is 1. The van der Waals surface area contributed by atoms with Crippen molar-refractivity contribution in [2.24, 2.45) is 4.99 Å². The minimum absolute atomic E-state index is 0.126. The van der Waals surface area contributed by atoms with Crippen molar-refractivity contribution in [1.82, 2.24) is 10.6 Å². The van der Waals surface area contributed by atoms with E-state index in [4.69, 9.17) is 4.74 Å². The Balaban J connectivity index is 1.93. The first-order valence-electron chi connectivity index (χ1n) is 10.5. The van der Waals surface area contributed by atoms with Crippen LogP contribution >= 0.6 is 0 Å². The summed E-state index contributed by atoms with van der Waals surface area (Å²) in [6.45, 7) is 0. The number of carbonyl (C=O) groups is 3. The van der Waals surface area contributed by atoms with E-state index in [-0.39, 0.29) is 29.7 Å². The largest absolute Gasteiger partial charge is 0.457 e. The highest BCUT2D eigenvalue weighted by Crippen LogP contribution is 2.32. The normalized spacial score (nSPS) is 9.89. The maximum atomic E-state index is 12.8. The molecular formula is C25H24N4O6. The Morgan fingerprint density at radius 1 is 0.771 bits per heavy atom. The second kappa shape index (κ2) is 12.4. The highest BCUT2D eigenvalue weighted by molar-refractivity contribution is 6.03. The van der Waals surface area contributed by atoms with Gasteiger partial charge in [0.1, 0.15) is 11.5 Å². The standard InChI is InChI=1S/C25H24N4O6/c1-33-24(31)28-23(29-25(32)34-2)27-20-14-13-19(35-18-11-7-4-8-12-18)16-21(20)26-22(30)15-17-9-5-3-6-10-17/h3-14,16H,15H2,1-2H3,(H,26,30)(H2,27,28,29,31,32). The van der Waals surface area contributed by atoms with Crippen LogP contribution in [0.15, 0.2) is 83.9 Å². The lowest BCUT2D eigenvalue weighted by atomic mass is 10.1. The maximum Gasteiger partial charge on any atom is 0.413 e. The first-order valence-corrected chi connectivity index (χ1v) is 10.5. The number of carbonyl (C=O) groups excluding carboxylic acids is 3. The molecule has 0 aliphatic carbocycles. The first-order chi connectivity index (χ1) is 17.0. The van der Waals surface area contributed by atoms with Crippen LogP contribution in [0.2, 0.25) is 0 Å². The molecule has 0 fully saturated rings. The number of alkyl carbamates (subject to hydrolysis) is 2. The number of anilines is 1. The molecule has 0 aromatic heterocycles. The number of methoxy groups -OCH3 is 2. The third kappa shape index (κ3) is 7.90. The van der Waals surface area contributed by atoms with Gasteiger partial charge in [0.15, 0.2) is 0 Å². The summed E-state index contributed by atoms with van der Waals surface area (Å²) < 4.78 is 15.0. The molecule has 10 heteroatoms. The number of nitrogens with zero attached hydrogens (tertiary/aromatic N) is 1. The quantitative estimate of drug-likeness (QED) is 0.358. The van der Waals surface area contributed by atoms with E-state index in [2.05, 4.69) is 30.4 Å². The summed E-state index contributed by atoms with van der Waals surface area (Å²) in [5.74, 6) is 0.478. The van der Waals surface area contributed by atoms with Crippen molar-refractivity contribution in [3.63, 3.8) is 0 Å². The average Bonchev–Trinajstić information content (AvgIpc) is 2.86. The molecule has 0 heterocycles. The highest BCUT2D eigenvalue weighted by Gasteiger charge is 2.14.